The number of phenols is 1. The Hall–Kier alpha value is -1.84. The monoisotopic (exact) mass is 259 g/mol. The summed E-state index contributed by atoms with van der Waals surface area (Å²) in [6.45, 7) is 8.37. The number of nitrogens with zero attached hydrogens (tertiary/aromatic N) is 2. The van der Waals surface area contributed by atoms with E-state index in [-0.39, 0.29) is 0 Å². The van der Waals surface area contributed by atoms with Gasteiger partial charge in [-0.3, -0.25) is 0 Å². The standard InChI is InChI=1S/C15H21N3O/c1-5-6-7-12-10(3)9(2)11(4)14(15(12)19)13-8-16-18-17-13/h8,19H,5-7H2,1-4H3,(H,16,17,18). The zero-order valence-corrected chi connectivity index (χ0v) is 12.0. The first-order valence-electron chi connectivity index (χ1n) is 6.75. The van der Waals surface area contributed by atoms with E-state index in [1.54, 1.807) is 6.20 Å². The molecular weight excluding hydrogens is 238 g/mol. The molecule has 0 atom stereocenters. The lowest BCUT2D eigenvalue weighted by atomic mass is 9.89. The van der Waals surface area contributed by atoms with Crippen molar-refractivity contribution in [1.82, 2.24) is 15.4 Å². The van der Waals surface area contributed by atoms with Crippen molar-refractivity contribution in [2.75, 3.05) is 0 Å². The molecule has 2 N–H and O–H groups in total. The van der Waals surface area contributed by atoms with E-state index < -0.39 is 0 Å². The van der Waals surface area contributed by atoms with E-state index in [4.69, 9.17) is 0 Å². The maximum atomic E-state index is 10.6. The van der Waals surface area contributed by atoms with E-state index in [0.717, 1.165) is 36.0 Å². The van der Waals surface area contributed by atoms with Gasteiger partial charge in [-0.2, -0.15) is 15.4 Å². The summed E-state index contributed by atoms with van der Waals surface area (Å²) in [4.78, 5) is 0. The van der Waals surface area contributed by atoms with Crippen LogP contribution in [0.2, 0.25) is 0 Å². The van der Waals surface area contributed by atoms with Crippen molar-refractivity contribution in [1.29, 1.82) is 0 Å². The molecule has 19 heavy (non-hydrogen) atoms. The maximum Gasteiger partial charge on any atom is 0.128 e. The molecule has 1 aromatic heterocycles. The second-order valence-corrected chi connectivity index (χ2v) is 5.04. The van der Waals surface area contributed by atoms with E-state index in [0.29, 0.717) is 11.4 Å². The van der Waals surface area contributed by atoms with E-state index in [9.17, 15) is 5.11 Å². The number of H-pyrrole nitrogens is 1. The Bertz CT molecular complexity index is 574. The van der Waals surface area contributed by atoms with Gasteiger partial charge in [-0.05, 0) is 55.9 Å². The summed E-state index contributed by atoms with van der Waals surface area (Å²) in [6, 6.07) is 0. The summed E-state index contributed by atoms with van der Waals surface area (Å²) in [5, 5.41) is 21.1. The first-order chi connectivity index (χ1) is 9.07. The first-order valence-corrected chi connectivity index (χ1v) is 6.75. The molecule has 4 heteroatoms. The maximum absolute atomic E-state index is 10.6. The van der Waals surface area contributed by atoms with Crippen molar-refractivity contribution < 1.29 is 5.11 Å². The highest BCUT2D eigenvalue weighted by molar-refractivity contribution is 5.74. The molecule has 0 radical (unpaired) electrons. The molecular formula is C15H21N3O. The van der Waals surface area contributed by atoms with Gasteiger partial charge in [-0.25, -0.2) is 0 Å². The van der Waals surface area contributed by atoms with Crippen LogP contribution in [0, 0.1) is 20.8 Å². The predicted molar refractivity (Wildman–Crippen MR) is 76.3 cm³/mol. The van der Waals surface area contributed by atoms with Crippen LogP contribution in [-0.2, 0) is 6.42 Å². The van der Waals surface area contributed by atoms with Crippen LogP contribution in [0.4, 0.5) is 0 Å². The number of phenolic OH excluding ortho intramolecular Hbond substituents is 1. The molecule has 0 aliphatic heterocycles. The molecule has 0 unspecified atom stereocenters. The normalized spacial score (nSPS) is 10.9. The van der Waals surface area contributed by atoms with E-state index in [1.165, 1.54) is 11.1 Å². The summed E-state index contributed by atoms with van der Waals surface area (Å²) in [5.74, 6) is 0.364. The Morgan fingerprint density at radius 3 is 2.47 bits per heavy atom. The lowest BCUT2D eigenvalue weighted by molar-refractivity contribution is 0.467. The fourth-order valence-corrected chi connectivity index (χ4v) is 2.50. The van der Waals surface area contributed by atoms with Gasteiger partial charge in [0.05, 0.1) is 6.20 Å². The molecule has 102 valence electrons. The van der Waals surface area contributed by atoms with Crippen molar-refractivity contribution in [3.05, 3.63) is 28.5 Å². The van der Waals surface area contributed by atoms with Crippen LogP contribution in [0.25, 0.3) is 11.3 Å². The zero-order chi connectivity index (χ0) is 14.0. The number of aromatic hydroxyl groups is 1. The Morgan fingerprint density at radius 2 is 1.89 bits per heavy atom. The summed E-state index contributed by atoms with van der Waals surface area (Å²) >= 11 is 0. The smallest absolute Gasteiger partial charge is 0.128 e. The number of aromatic amines is 1. The third kappa shape index (κ3) is 2.35. The van der Waals surface area contributed by atoms with Crippen molar-refractivity contribution in [3.8, 4) is 17.0 Å². The Balaban J connectivity index is 2.64. The lowest BCUT2D eigenvalue weighted by Crippen LogP contribution is -2.00. The van der Waals surface area contributed by atoms with Crippen LogP contribution < -0.4 is 0 Å². The minimum absolute atomic E-state index is 0.364. The summed E-state index contributed by atoms with van der Waals surface area (Å²) < 4.78 is 0. The van der Waals surface area contributed by atoms with Crippen LogP contribution in [-0.4, -0.2) is 20.5 Å². The molecule has 0 fully saturated rings. The molecule has 2 rings (SSSR count). The molecule has 0 aliphatic rings. The number of benzene rings is 1. The van der Waals surface area contributed by atoms with Crippen LogP contribution in [0.3, 0.4) is 0 Å². The highest BCUT2D eigenvalue weighted by Gasteiger charge is 2.19. The number of unbranched alkanes of at least 4 members (excludes halogenated alkanes) is 1. The molecule has 1 heterocycles. The van der Waals surface area contributed by atoms with Gasteiger partial charge in [-0.1, -0.05) is 13.3 Å². The molecule has 0 aliphatic carbocycles. The minimum atomic E-state index is 0.364. The van der Waals surface area contributed by atoms with Gasteiger partial charge in [0.2, 0.25) is 0 Å². The van der Waals surface area contributed by atoms with Crippen LogP contribution in [0.15, 0.2) is 6.20 Å². The fourth-order valence-electron chi connectivity index (χ4n) is 2.50. The van der Waals surface area contributed by atoms with Gasteiger partial charge in [0.15, 0.2) is 0 Å². The number of hydrogen-bond acceptors (Lipinski definition) is 3. The van der Waals surface area contributed by atoms with Gasteiger partial charge >= 0.3 is 0 Å². The first kappa shape index (κ1) is 13.6. The van der Waals surface area contributed by atoms with Crippen LogP contribution in [0.5, 0.6) is 5.75 Å². The second-order valence-electron chi connectivity index (χ2n) is 5.04. The molecule has 0 amide bonds. The number of aromatic nitrogens is 3. The molecule has 4 nitrogen and oxygen atoms in total. The largest absolute Gasteiger partial charge is 0.507 e. The second kappa shape index (κ2) is 5.43. The van der Waals surface area contributed by atoms with E-state index >= 15 is 0 Å². The van der Waals surface area contributed by atoms with Crippen LogP contribution in [0.1, 0.15) is 42.0 Å². The highest BCUT2D eigenvalue weighted by atomic mass is 16.3. The molecule has 0 saturated carbocycles. The average molecular weight is 259 g/mol. The third-order valence-electron chi connectivity index (χ3n) is 3.93. The molecule has 0 spiro atoms. The van der Waals surface area contributed by atoms with Crippen LogP contribution >= 0.6 is 0 Å². The molecule has 0 saturated heterocycles. The summed E-state index contributed by atoms with van der Waals surface area (Å²) in [6.07, 6.45) is 4.75. The van der Waals surface area contributed by atoms with E-state index in [2.05, 4.69) is 36.2 Å². The van der Waals surface area contributed by atoms with Gasteiger partial charge < -0.3 is 5.11 Å². The van der Waals surface area contributed by atoms with Gasteiger partial charge in [-0.15, -0.1) is 0 Å². The van der Waals surface area contributed by atoms with Gasteiger partial charge in [0.1, 0.15) is 11.4 Å². The van der Waals surface area contributed by atoms with Crippen molar-refractivity contribution in [2.24, 2.45) is 0 Å². The Morgan fingerprint density at radius 1 is 1.16 bits per heavy atom. The number of nitrogens with one attached hydrogen (secondary N) is 1. The van der Waals surface area contributed by atoms with Crippen molar-refractivity contribution >= 4 is 0 Å². The summed E-state index contributed by atoms with van der Waals surface area (Å²) in [7, 11) is 0. The third-order valence-corrected chi connectivity index (χ3v) is 3.93. The quantitative estimate of drug-likeness (QED) is 0.884. The summed E-state index contributed by atoms with van der Waals surface area (Å²) in [5.41, 5.74) is 6.04. The zero-order valence-electron chi connectivity index (χ0n) is 12.0. The van der Waals surface area contributed by atoms with E-state index in [1.807, 2.05) is 6.92 Å². The average Bonchev–Trinajstić information content (AvgIpc) is 2.90. The van der Waals surface area contributed by atoms with Gasteiger partial charge in [0.25, 0.3) is 0 Å². The molecule has 2 aromatic rings. The van der Waals surface area contributed by atoms with Crippen molar-refractivity contribution in [2.45, 2.75) is 47.0 Å². The number of rotatable bonds is 4. The fraction of sp³-hybridized carbons (Fsp3) is 0.467. The highest BCUT2D eigenvalue weighted by Crippen LogP contribution is 2.39. The Kier molecular flexibility index (Phi) is 3.88. The molecule has 0 bridgehead atoms. The predicted octanol–water partition coefficient (Wildman–Crippen LogP) is 3.45. The molecule has 1 aromatic carbocycles. The lowest BCUT2D eigenvalue weighted by Gasteiger charge is -2.17. The topological polar surface area (TPSA) is 61.8 Å². The minimum Gasteiger partial charge on any atom is -0.507 e. The van der Waals surface area contributed by atoms with Gasteiger partial charge in [0, 0.05) is 5.56 Å². The van der Waals surface area contributed by atoms with Crippen molar-refractivity contribution in [3.63, 3.8) is 0 Å². The SMILES string of the molecule is CCCCc1c(C)c(C)c(C)c(-c2cn[nH]n2)c1O. The number of hydrogen-bond donors (Lipinski definition) is 2. The Labute approximate surface area is 113 Å².